The molecular formula is C16H17N5O2. The van der Waals surface area contributed by atoms with Crippen molar-refractivity contribution in [1.29, 1.82) is 0 Å². The number of hydrogen-bond donors (Lipinski definition) is 0. The highest BCUT2D eigenvalue weighted by Crippen LogP contribution is 2.09. The molecule has 0 saturated carbocycles. The fourth-order valence-corrected chi connectivity index (χ4v) is 2.08. The van der Waals surface area contributed by atoms with Crippen LogP contribution in [0.2, 0.25) is 0 Å². The first-order valence-corrected chi connectivity index (χ1v) is 7.31. The maximum atomic E-state index is 11.6. The van der Waals surface area contributed by atoms with Gasteiger partial charge >= 0.3 is 5.97 Å². The van der Waals surface area contributed by atoms with E-state index in [9.17, 15) is 4.79 Å². The number of carbonyl (C=O) groups is 1. The largest absolute Gasteiger partial charge is 0.460 e. The normalized spacial score (nSPS) is 11.4. The molecule has 0 aromatic carbocycles. The van der Waals surface area contributed by atoms with Crippen LogP contribution in [0.15, 0.2) is 24.8 Å². The molecule has 7 heteroatoms. The van der Waals surface area contributed by atoms with Crippen LogP contribution < -0.4 is 9.73 Å². The summed E-state index contributed by atoms with van der Waals surface area (Å²) < 4.78 is 8.65. The summed E-state index contributed by atoms with van der Waals surface area (Å²) in [7, 11) is 0. The number of rotatable bonds is 2. The molecule has 118 valence electrons. The van der Waals surface area contributed by atoms with Crippen molar-refractivity contribution in [2.75, 3.05) is 0 Å². The SMILES string of the molecule is CC(C)(C)OC(=O)CCC#Cc1cn2c3nccnc3[n-][n+]2c1. The lowest BCUT2D eigenvalue weighted by molar-refractivity contribution is -0.674. The fourth-order valence-electron chi connectivity index (χ4n) is 2.08. The summed E-state index contributed by atoms with van der Waals surface area (Å²) in [5.41, 5.74) is 1.60. The summed E-state index contributed by atoms with van der Waals surface area (Å²) in [6, 6.07) is 0. The van der Waals surface area contributed by atoms with Crippen molar-refractivity contribution in [2.24, 2.45) is 0 Å². The summed E-state index contributed by atoms with van der Waals surface area (Å²) in [4.78, 5) is 20.0. The van der Waals surface area contributed by atoms with Gasteiger partial charge in [-0.2, -0.15) is 4.52 Å². The van der Waals surface area contributed by atoms with E-state index in [4.69, 9.17) is 4.74 Å². The van der Waals surface area contributed by atoms with Gasteiger partial charge in [-0.3, -0.25) is 4.79 Å². The fraction of sp³-hybridized carbons (Fsp3) is 0.375. The Bertz CT molecular complexity index is 921. The van der Waals surface area contributed by atoms with Crippen LogP contribution in [0.5, 0.6) is 0 Å². The molecule has 0 aliphatic heterocycles. The molecule has 0 aliphatic carbocycles. The standard InChI is InChI=1S/C16H17N5O2/c1-16(2,3)23-13(22)7-5-4-6-12-10-20-15-14(17-8-9-18-15)19-21(20)11-12/h8-11H,5,7H2,1-3H3. The number of fused-ring (bicyclic) bond motifs is 3. The molecule has 0 saturated heterocycles. The van der Waals surface area contributed by atoms with Gasteiger partial charge in [0.1, 0.15) is 11.2 Å². The van der Waals surface area contributed by atoms with Gasteiger partial charge < -0.3 is 9.72 Å². The van der Waals surface area contributed by atoms with Gasteiger partial charge in [-0.1, -0.05) is 16.5 Å². The van der Waals surface area contributed by atoms with E-state index in [0.717, 1.165) is 5.56 Å². The lowest BCUT2D eigenvalue weighted by Gasteiger charge is -2.18. The van der Waals surface area contributed by atoms with Crippen LogP contribution in [-0.2, 0) is 9.53 Å². The topological polar surface area (TPSA) is 74.7 Å². The van der Waals surface area contributed by atoms with E-state index < -0.39 is 5.60 Å². The average Bonchev–Trinajstić information content (AvgIpc) is 2.99. The molecule has 0 radical (unpaired) electrons. The zero-order chi connectivity index (χ0) is 16.4. The highest BCUT2D eigenvalue weighted by molar-refractivity contribution is 5.70. The number of carbonyl (C=O) groups excluding carboxylic acids is 1. The van der Waals surface area contributed by atoms with E-state index in [0.29, 0.717) is 17.7 Å². The van der Waals surface area contributed by atoms with E-state index >= 15 is 0 Å². The second kappa shape index (κ2) is 5.72. The minimum Gasteiger partial charge on any atom is -0.460 e. The van der Waals surface area contributed by atoms with Crippen LogP contribution in [0, 0.1) is 11.8 Å². The van der Waals surface area contributed by atoms with Crippen LogP contribution in [0.1, 0.15) is 39.2 Å². The predicted molar refractivity (Wildman–Crippen MR) is 81.4 cm³/mol. The van der Waals surface area contributed by atoms with Crippen molar-refractivity contribution in [1.82, 2.24) is 19.6 Å². The number of aromatic nitrogens is 5. The van der Waals surface area contributed by atoms with Gasteiger partial charge in [0.25, 0.3) is 0 Å². The van der Waals surface area contributed by atoms with Crippen molar-refractivity contribution in [3.63, 3.8) is 0 Å². The van der Waals surface area contributed by atoms with Gasteiger partial charge in [0.2, 0.25) is 6.20 Å². The third-order valence-electron chi connectivity index (χ3n) is 2.92. The van der Waals surface area contributed by atoms with Gasteiger partial charge in [0.05, 0.1) is 12.0 Å². The smallest absolute Gasteiger partial charge is 0.307 e. The Morgan fingerprint density at radius 3 is 2.96 bits per heavy atom. The number of ether oxygens (including phenoxy) is 1. The number of nitrogens with zero attached hydrogens (tertiary/aromatic N) is 5. The summed E-state index contributed by atoms with van der Waals surface area (Å²) in [5, 5.41) is 4.30. The third-order valence-corrected chi connectivity index (χ3v) is 2.92. The third kappa shape index (κ3) is 3.48. The van der Waals surface area contributed by atoms with E-state index in [2.05, 4.69) is 26.9 Å². The summed E-state index contributed by atoms with van der Waals surface area (Å²) in [6.45, 7) is 5.54. The Balaban J connectivity index is 1.67. The van der Waals surface area contributed by atoms with Gasteiger partial charge in [0.15, 0.2) is 5.65 Å². The Hall–Kier alpha value is -2.88. The van der Waals surface area contributed by atoms with Crippen LogP contribution >= 0.6 is 0 Å². The molecule has 3 heterocycles. The Morgan fingerprint density at radius 2 is 2.17 bits per heavy atom. The van der Waals surface area contributed by atoms with E-state index in [1.165, 1.54) is 0 Å². The second-order valence-corrected chi connectivity index (χ2v) is 6.07. The molecule has 3 aromatic heterocycles. The molecule has 0 N–H and O–H groups in total. The molecule has 3 rings (SSSR count). The van der Waals surface area contributed by atoms with Crippen LogP contribution in [0.25, 0.3) is 11.3 Å². The van der Waals surface area contributed by atoms with E-state index in [1.54, 1.807) is 27.7 Å². The highest BCUT2D eigenvalue weighted by Gasteiger charge is 2.15. The molecule has 0 bridgehead atoms. The Kier molecular flexibility index (Phi) is 3.74. The van der Waals surface area contributed by atoms with Gasteiger partial charge in [0, 0.05) is 18.8 Å². The average molecular weight is 311 g/mol. The molecule has 3 aromatic rings. The second-order valence-electron chi connectivity index (χ2n) is 6.07. The zero-order valence-corrected chi connectivity index (χ0v) is 13.3. The van der Waals surface area contributed by atoms with Gasteiger partial charge in [-0.05, 0) is 27.0 Å². The minimum absolute atomic E-state index is 0.236. The van der Waals surface area contributed by atoms with Crippen LogP contribution in [0.3, 0.4) is 0 Å². The first kappa shape index (κ1) is 15.0. The Labute approximate surface area is 133 Å². The molecule has 0 spiro atoms. The van der Waals surface area contributed by atoms with Crippen molar-refractivity contribution >= 4 is 17.3 Å². The molecule has 7 nitrogen and oxygen atoms in total. The minimum atomic E-state index is -0.458. The molecule has 0 unspecified atom stereocenters. The van der Waals surface area contributed by atoms with Crippen LogP contribution in [0.4, 0.5) is 0 Å². The summed E-state index contributed by atoms with van der Waals surface area (Å²) in [5.74, 6) is 5.75. The quantitative estimate of drug-likeness (QED) is 0.399. The summed E-state index contributed by atoms with van der Waals surface area (Å²) >= 11 is 0. The van der Waals surface area contributed by atoms with E-state index in [-0.39, 0.29) is 12.4 Å². The molecule has 0 atom stereocenters. The molecule has 0 aliphatic rings. The summed E-state index contributed by atoms with van der Waals surface area (Å²) in [6.07, 6.45) is 7.59. The van der Waals surface area contributed by atoms with Crippen molar-refractivity contribution in [3.05, 3.63) is 30.4 Å². The number of esters is 1. The zero-order valence-electron chi connectivity index (χ0n) is 13.3. The van der Waals surface area contributed by atoms with Crippen molar-refractivity contribution < 1.29 is 14.2 Å². The van der Waals surface area contributed by atoms with Gasteiger partial charge in [-0.15, -0.1) is 5.10 Å². The number of hydrogen-bond acceptors (Lipinski definition) is 4. The van der Waals surface area contributed by atoms with Crippen molar-refractivity contribution in [3.8, 4) is 11.8 Å². The monoisotopic (exact) mass is 311 g/mol. The molecule has 0 amide bonds. The van der Waals surface area contributed by atoms with Gasteiger partial charge in [-0.25, -0.2) is 4.98 Å². The maximum Gasteiger partial charge on any atom is 0.307 e. The Morgan fingerprint density at radius 1 is 1.39 bits per heavy atom. The lowest BCUT2D eigenvalue weighted by atomic mass is 10.2. The van der Waals surface area contributed by atoms with Crippen molar-refractivity contribution in [2.45, 2.75) is 39.2 Å². The first-order valence-electron chi connectivity index (χ1n) is 7.31. The van der Waals surface area contributed by atoms with E-state index in [1.807, 2.05) is 27.0 Å². The maximum absolute atomic E-state index is 11.6. The molecular weight excluding hydrogens is 294 g/mol. The first-order chi connectivity index (χ1) is 10.9. The van der Waals surface area contributed by atoms with Crippen LogP contribution in [-0.4, -0.2) is 26.1 Å². The highest BCUT2D eigenvalue weighted by atomic mass is 16.6. The molecule has 0 fully saturated rings. The lowest BCUT2D eigenvalue weighted by Crippen LogP contribution is -2.28. The molecule has 23 heavy (non-hydrogen) atoms. The predicted octanol–water partition coefficient (Wildman–Crippen LogP) is 0.899.